The predicted molar refractivity (Wildman–Crippen MR) is 73.5 cm³/mol. The highest BCUT2D eigenvalue weighted by Crippen LogP contribution is 2.38. The van der Waals surface area contributed by atoms with E-state index in [4.69, 9.17) is 4.52 Å². The average molecular weight is 293 g/mol. The van der Waals surface area contributed by atoms with E-state index in [-0.39, 0.29) is 11.2 Å². The first-order valence-electron chi connectivity index (χ1n) is 6.44. The van der Waals surface area contributed by atoms with E-state index in [1.54, 1.807) is 19.3 Å². The molecule has 1 aliphatic rings. The Morgan fingerprint density at radius 1 is 1.60 bits per heavy atom. The van der Waals surface area contributed by atoms with Crippen LogP contribution >= 0.6 is 11.8 Å². The number of anilines is 1. The Morgan fingerprint density at radius 3 is 3.05 bits per heavy atom. The fourth-order valence-corrected chi connectivity index (χ4v) is 2.68. The molecule has 8 heteroatoms. The van der Waals surface area contributed by atoms with Crippen LogP contribution in [0.5, 0.6) is 0 Å². The molecule has 0 aromatic carbocycles. The van der Waals surface area contributed by atoms with Crippen molar-refractivity contribution in [3.05, 3.63) is 18.2 Å². The Balaban J connectivity index is 1.61. The molecule has 1 aliphatic carbocycles. The van der Waals surface area contributed by atoms with E-state index in [1.165, 1.54) is 11.8 Å². The Morgan fingerprint density at radius 2 is 2.40 bits per heavy atom. The third-order valence-corrected chi connectivity index (χ3v) is 4.08. The number of carbonyl (C=O) groups is 1. The fraction of sp³-hybridized carbons (Fsp3) is 0.500. The van der Waals surface area contributed by atoms with E-state index < -0.39 is 0 Å². The number of nitrogens with one attached hydrogen (secondary N) is 1. The number of rotatable bonds is 5. The number of nitrogens with zero attached hydrogens (tertiary/aromatic N) is 4. The van der Waals surface area contributed by atoms with Gasteiger partial charge in [0.1, 0.15) is 12.1 Å². The quantitative estimate of drug-likeness (QED) is 0.849. The van der Waals surface area contributed by atoms with Crippen molar-refractivity contribution < 1.29 is 9.32 Å². The maximum atomic E-state index is 12.1. The highest BCUT2D eigenvalue weighted by molar-refractivity contribution is 8.00. The van der Waals surface area contributed by atoms with Gasteiger partial charge in [-0.25, -0.2) is 0 Å². The number of carbonyl (C=O) groups excluding carboxylic acids is 1. The monoisotopic (exact) mass is 293 g/mol. The Labute approximate surface area is 120 Å². The lowest BCUT2D eigenvalue weighted by Gasteiger charge is -2.10. The lowest BCUT2D eigenvalue weighted by molar-refractivity contribution is -0.115. The largest absolute Gasteiger partial charge is 0.360 e. The molecule has 0 saturated heterocycles. The molecule has 2 aromatic rings. The number of aryl methyl sites for hydroxylation is 1. The molecular formula is C12H15N5O2S. The van der Waals surface area contributed by atoms with Gasteiger partial charge in [0.15, 0.2) is 11.0 Å². The van der Waals surface area contributed by atoms with Crippen molar-refractivity contribution in [2.24, 2.45) is 0 Å². The molecule has 1 fully saturated rings. The van der Waals surface area contributed by atoms with E-state index in [0.29, 0.717) is 17.6 Å². The number of thioether (sulfide) groups is 1. The standard InChI is InChI=1S/C12H15N5O2S/c1-7-5-10(16-19-7)14-11(18)8(2)20-12-15-13-6-17(12)9-3-4-9/h5-6,8-9H,3-4H2,1-2H3,(H,14,16,18). The summed E-state index contributed by atoms with van der Waals surface area (Å²) in [7, 11) is 0. The van der Waals surface area contributed by atoms with Crippen molar-refractivity contribution in [3.8, 4) is 0 Å². The first-order chi connectivity index (χ1) is 9.63. The lowest BCUT2D eigenvalue weighted by atomic mass is 10.4. The Hall–Kier alpha value is -1.83. The normalized spacial score (nSPS) is 16.1. The van der Waals surface area contributed by atoms with Gasteiger partial charge in [0.2, 0.25) is 5.91 Å². The summed E-state index contributed by atoms with van der Waals surface area (Å²) in [5.74, 6) is 0.964. The molecule has 2 aromatic heterocycles. The van der Waals surface area contributed by atoms with Crippen LogP contribution < -0.4 is 5.32 Å². The molecule has 2 heterocycles. The molecule has 20 heavy (non-hydrogen) atoms. The van der Waals surface area contributed by atoms with Crippen LogP contribution in [0, 0.1) is 6.92 Å². The minimum absolute atomic E-state index is 0.131. The SMILES string of the molecule is Cc1cc(NC(=O)C(C)Sc2nncn2C2CC2)no1. The first kappa shape index (κ1) is 13.2. The van der Waals surface area contributed by atoms with Crippen LogP contribution in [-0.4, -0.2) is 31.1 Å². The molecule has 1 atom stereocenters. The summed E-state index contributed by atoms with van der Waals surface area (Å²) in [6, 6.07) is 2.18. The van der Waals surface area contributed by atoms with Gasteiger partial charge in [-0.05, 0) is 26.7 Å². The van der Waals surface area contributed by atoms with E-state index in [1.807, 2.05) is 11.5 Å². The van der Waals surface area contributed by atoms with Crippen LogP contribution in [0.2, 0.25) is 0 Å². The van der Waals surface area contributed by atoms with Gasteiger partial charge in [-0.2, -0.15) is 0 Å². The van der Waals surface area contributed by atoms with Gasteiger partial charge in [0.05, 0.1) is 5.25 Å². The van der Waals surface area contributed by atoms with Gasteiger partial charge in [0, 0.05) is 12.1 Å². The molecule has 0 aliphatic heterocycles. The number of amides is 1. The molecule has 0 bridgehead atoms. The molecule has 0 radical (unpaired) electrons. The van der Waals surface area contributed by atoms with Gasteiger partial charge in [0.25, 0.3) is 0 Å². The van der Waals surface area contributed by atoms with E-state index >= 15 is 0 Å². The second-order valence-electron chi connectivity index (χ2n) is 4.82. The maximum absolute atomic E-state index is 12.1. The summed E-state index contributed by atoms with van der Waals surface area (Å²) in [6.07, 6.45) is 4.04. The molecule has 1 unspecified atom stereocenters. The van der Waals surface area contributed by atoms with Gasteiger partial charge in [-0.15, -0.1) is 10.2 Å². The molecule has 3 rings (SSSR count). The number of hydrogen-bond acceptors (Lipinski definition) is 6. The zero-order valence-electron chi connectivity index (χ0n) is 11.2. The van der Waals surface area contributed by atoms with Crippen LogP contribution in [0.1, 0.15) is 31.6 Å². The minimum Gasteiger partial charge on any atom is -0.360 e. The molecular weight excluding hydrogens is 278 g/mol. The third kappa shape index (κ3) is 2.84. The highest BCUT2D eigenvalue weighted by atomic mass is 32.2. The smallest absolute Gasteiger partial charge is 0.238 e. The Bertz CT molecular complexity index is 619. The van der Waals surface area contributed by atoms with Crippen LogP contribution in [-0.2, 0) is 4.79 Å². The summed E-state index contributed by atoms with van der Waals surface area (Å²) < 4.78 is 6.95. The van der Waals surface area contributed by atoms with E-state index in [2.05, 4.69) is 20.7 Å². The minimum atomic E-state index is -0.284. The highest BCUT2D eigenvalue weighted by Gasteiger charge is 2.28. The number of hydrogen-bond donors (Lipinski definition) is 1. The molecule has 7 nitrogen and oxygen atoms in total. The molecule has 0 spiro atoms. The molecule has 1 N–H and O–H groups in total. The summed E-state index contributed by atoms with van der Waals surface area (Å²) in [6.45, 7) is 3.61. The number of aromatic nitrogens is 4. The third-order valence-electron chi connectivity index (χ3n) is 3.01. The van der Waals surface area contributed by atoms with Crippen LogP contribution in [0.15, 0.2) is 22.1 Å². The van der Waals surface area contributed by atoms with Gasteiger partial charge in [-0.3, -0.25) is 4.79 Å². The Kier molecular flexibility index (Phi) is 3.47. The van der Waals surface area contributed by atoms with Crippen LogP contribution in [0.3, 0.4) is 0 Å². The summed E-state index contributed by atoms with van der Waals surface area (Å²) >= 11 is 1.40. The van der Waals surface area contributed by atoms with Crippen molar-refractivity contribution in [1.82, 2.24) is 19.9 Å². The molecule has 1 amide bonds. The fourth-order valence-electron chi connectivity index (χ4n) is 1.78. The molecule has 1 saturated carbocycles. The van der Waals surface area contributed by atoms with Crippen molar-refractivity contribution in [1.29, 1.82) is 0 Å². The van der Waals surface area contributed by atoms with Gasteiger partial charge >= 0.3 is 0 Å². The van der Waals surface area contributed by atoms with E-state index in [9.17, 15) is 4.79 Å². The van der Waals surface area contributed by atoms with Gasteiger partial charge < -0.3 is 14.4 Å². The zero-order chi connectivity index (χ0) is 14.1. The van der Waals surface area contributed by atoms with E-state index in [0.717, 1.165) is 18.0 Å². The topological polar surface area (TPSA) is 85.8 Å². The second-order valence-corrected chi connectivity index (χ2v) is 6.13. The summed E-state index contributed by atoms with van der Waals surface area (Å²) in [5.41, 5.74) is 0. The summed E-state index contributed by atoms with van der Waals surface area (Å²) in [4.78, 5) is 12.1. The first-order valence-corrected chi connectivity index (χ1v) is 7.32. The van der Waals surface area contributed by atoms with Crippen molar-refractivity contribution in [2.45, 2.75) is 43.1 Å². The lowest BCUT2D eigenvalue weighted by Crippen LogP contribution is -2.23. The van der Waals surface area contributed by atoms with Crippen LogP contribution in [0.4, 0.5) is 5.82 Å². The van der Waals surface area contributed by atoms with Crippen molar-refractivity contribution in [2.75, 3.05) is 5.32 Å². The zero-order valence-corrected chi connectivity index (χ0v) is 12.1. The van der Waals surface area contributed by atoms with Crippen molar-refractivity contribution in [3.63, 3.8) is 0 Å². The maximum Gasteiger partial charge on any atom is 0.238 e. The van der Waals surface area contributed by atoms with Gasteiger partial charge in [-0.1, -0.05) is 16.9 Å². The predicted octanol–water partition coefficient (Wildman–Crippen LogP) is 2.03. The molecule has 106 valence electrons. The summed E-state index contributed by atoms with van der Waals surface area (Å²) in [5, 5.41) is 14.9. The van der Waals surface area contributed by atoms with Crippen molar-refractivity contribution >= 4 is 23.5 Å². The van der Waals surface area contributed by atoms with Crippen LogP contribution in [0.25, 0.3) is 0 Å². The average Bonchev–Trinajstić information content (AvgIpc) is 3.03. The second kappa shape index (κ2) is 5.28.